The number of halogens is 1. The number of carbonyl (C=O) groups excluding carboxylic acids is 3. The van der Waals surface area contributed by atoms with Crippen LogP contribution in [-0.4, -0.2) is 30.6 Å². The third kappa shape index (κ3) is 4.40. The van der Waals surface area contributed by atoms with Crippen LogP contribution in [0, 0.1) is 0 Å². The predicted octanol–water partition coefficient (Wildman–Crippen LogP) is 3.16. The summed E-state index contributed by atoms with van der Waals surface area (Å²) in [5, 5.41) is 7.05. The molecule has 0 bridgehead atoms. The average molecular weight is 420 g/mol. The number of hydrogen-bond acceptors (Lipinski definition) is 6. The summed E-state index contributed by atoms with van der Waals surface area (Å²) in [6, 6.07) is 6.95. The molecule has 2 aromatic rings. The number of carbonyl (C=O) groups is 3. The van der Waals surface area contributed by atoms with Gasteiger partial charge in [0.2, 0.25) is 0 Å². The van der Waals surface area contributed by atoms with Crippen LogP contribution in [0.4, 0.5) is 5.00 Å². The molecule has 0 aliphatic heterocycles. The molecule has 0 saturated carbocycles. The Morgan fingerprint density at radius 2 is 2.04 bits per heavy atom. The minimum atomic E-state index is -0.952. The van der Waals surface area contributed by atoms with Gasteiger partial charge >= 0.3 is 17.8 Å². The smallest absolute Gasteiger partial charge is 0.341 e. The molecular weight excluding hydrogens is 402 g/mol. The molecule has 7 nitrogen and oxygen atoms in total. The van der Waals surface area contributed by atoms with Gasteiger partial charge in [0.1, 0.15) is 5.00 Å². The first kappa shape index (κ1) is 20.0. The fourth-order valence-corrected chi connectivity index (χ4v) is 4.32. The highest BCUT2D eigenvalue weighted by molar-refractivity contribution is 7.17. The van der Waals surface area contributed by atoms with E-state index in [4.69, 9.17) is 16.3 Å². The Bertz CT molecular complexity index is 955. The normalized spacial score (nSPS) is 12.6. The largest absolute Gasteiger partial charge is 0.462 e. The molecule has 1 aliphatic carbocycles. The first-order valence-electron chi connectivity index (χ1n) is 8.71. The van der Waals surface area contributed by atoms with E-state index in [-0.39, 0.29) is 6.61 Å². The Morgan fingerprint density at radius 1 is 1.25 bits per heavy atom. The van der Waals surface area contributed by atoms with Gasteiger partial charge in [0.25, 0.3) is 0 Å². The standard InChI is InChI=1S/C19H18ClN3O4S/c1-2-27-19(26)15-12-7-5-9-14(12)28-18(15)22-16(24)17(25)23-21-10-11-6-3-4-8-13(11)20/h3-4,6,8,10H,2,5,7,9H2,1H3,(H,22,24)(H,23,25)/b21-10+. The second-order valence-electron chi connectivity index (χ2n) is 5.96. The summed E-state index contributed by atoms with van der Waals surface area (Å²) in [6.07, 6.45) is 3.90. The number of benzene rings is 1. The first-order valence-corrected chi connectivity index (χ1v) is 9.91. The van der Waals surface area contributed by atoms with E-state index in [9.17, 15) is 14.4 Å². The molecule has 28 heavy (non-hydrogen) atoms. The quantitative estimate of drug-likeness (QED) is 0.336. The number of anilines is 1. The molecule has 0 spiro atoms. The van der Waals surface area contributed by atoms with Crippen LogP contribution in [0.2, 0.25) is 5.02 Å². The Labute approximate surface area is 170 Å². The lowest BCUT2D eigenvalue weighted by Crippen LogP contribution is -2.32. The Morgan fingerprint density at radius 3 is 2.79 bits per heavy atom. The van der Waals surface area contributed by atoms with Crippen molar-refractivity contribution in [3.63, 3.8) is 0 Å². The van der Waals surface area contributed by atoms with Crippen LogP contribution >= 0.6 is 22.9 Å². The molecule has 146 valence electrons. The molecule has 9 heteroatoms. The van der Waals surface area contributed by atoms with Gasteiger partial charge in [-0.3, -0.25) is 9.59 Å². The summed E-state index contributed by atoms with van der Waals surface area (Å²) in [5.41, 5.74) is 4.00. The molecule has 3 rings (SSSR count). The fourth-order valence-electron chi connectivity index (χ4n) is 2.86. The van der Waals surface area contributed by atoms with E-state index < -0.39 is 17.8 Å². The van der Waals surface area contributed by atoms with E-state index in [1.54, 1.807) is 31.2 Å². The zero-order valence-electron chi connectivity index (χ0n) is 15.1. The maximum absolute atomic E-state index is 12.3. The summed E-state index contributed by atoms with van der Waals surface area (Å²) in [4.78, 5) is 37.6. The topological polar surface area (TPSA) is 96.9 Å². The van der Waals surface area contributed by atoms with Gasteiger partial charge in [-0.2, -0.15) is 5.10 Å². The highest BCUT2D eigenvalue weighted by Crippen LogP contribution is 2.39. The van der Waals surface area contributed by atoms with Gasteiger partial charge in [-0.1, -0.05) is 29.8 Å². The van der Waals surface area contributed by atoms with Crippen molar-refractivity contribution in [1.82, 2.24) is 5.43 Å². The Hall–Kier alpha value is -2.71. The van der Waals surface area contributed by atoms with Gasteiger partial charge in [-0.05, 0) is 37.8 Å². The zero-order chi connectivity index (χ0) is 20.1. The van der Waals surface area contributed by atoms with Crippen LogP contribution in [0.3, 0.4) is 0 Å². The average Bonchev–Trinajstić information content (AvgIpc) is 3.24. The van der Waals surface area contributed by atoms with Crippen molar-refractivity contribution in [2.75, 3.05) is 11.9 Å². The van der Waals surface area contributed by atoms with E-state index >= 15 is 0 Å². The van der Waals surface area contributed by atoms with Gasteiger partial charge in [0.05, 0.1) is 18.4 Å². The van der Waals surface area contributed by atoms with Crippen molar-refractivity contribution in [1.29, 1.82) is 0 Å². The van der Waals surface area contributed by atoms with Crippen LogP contribution in [0.15, 0.2) is 29.4 Å². The number of rotatable bonds is 5. The third-order valence-electron chi connectivity index (χ3n) is 4.11. The van der Waals surface area contributed by atoms with Gasteiger partial charge in [0, 0.05) is 15.5 Å². The minimum absolute atomic E-state index is 0.230. The second-order valence-corrected chi connectivity index (χ2v) is 7.47. The second kappa shape index (κ2) is 8.99. The number of nitrogens with zero attached hydrogens (tertiary/aromatic N) is 1. The predicted molar refractivity (Wildman–Crippen MR) is 108 cm³/mol. The van der Waals surface area contributed by atoms with E-state index in [0.717, 1.165) is 29.7 Å². The lowest BCUT2D eigenvalue weighted by molar-refractivity contribution is -0.136. The molecule has 1 aromatic carbocycles. The van der Waals surface area contributed by atoms with Crippen molar-refractivity contribution in [3.8, 4) is 0 Å². The SMILES string of the molecule is CCOC(=O)c1c(NC(=O)C(=O)N/N=C/c2ccccc2Cl)sc2c1CCC2. The van der Waals surface area contributed by atoms with Crippen LogP contribution in [0.5, 0.6) is 0 Å². The number of fused-ring (bicyclic) bond motifs is 1. The maximum Gasteiger partial charge on any atom is 0.341 e. The zero-order valence-corrected chi connectivity index (χ0v) is 16.7. The summed E-state index contributed by atoms with van der Waals surface area (Å²) in [5.74, 6) is -2.36. The number of aryl methyl sites for hydroxylation is 1. The van der Waals surface area contributed by atoms with Crippen LogP contribution in [-0.2, 0) is 27.2 Å². The third-order valence-corrected chi connectivity index (χ3v) is 5.66. The molecule has 0 atom stereocenters. The number of hydrazone groups is 1. The van der Waals surface area contributed by atoms with Crippen molar-refractivity contribution in [3.05, 3.63) is 50.9 Å². The first-order chi connectivity index (χ1) is 13.5. The molecule has 0 saturated heterocycles. The van der Waals surface area contributed by atoms with E-state index in [2.05, 4.69) is 15.8 Å². The molecule has 1 aromatic heterocycles. The van der Waals surface area contributed by atoms with Crippen molar-refractivity contribution in [2.24, 2.45) is 5.10 Å². The molecular formula is C19H18ClN3O4S. The molecule has 2 amide bonds. The lowest BCUT2D eigenvalue weighted by Gasteiger charge is -2.07. The van der Waals surface area contributed by atoms with Crippen LogP contribution < -0.4 is 10.7 Å². The summed E-state index contributed by atoms with van der Waals surface area (Å²) >= 11 is 7.30. The van der Waals surface area contributed by atoms with Gasteiger partial charge in [-0.15, -0.1) is 11.3 Å². The molecule has 0 radical (unpaired) electrons. The number of hydrogen-bond donors (Lipinski definition) is 2. The monoisotopic (exact) mass is 419 g/mol. The Balaban J connectivity index is 1.68. The van der Waals surface area contributed by atoms with Crippen molar-refractivity contribution in [2.45, 2.75) is 26.2 Å². The summed E-state index contributed by atoms with van der Waals surface area (Å²) in [6.45, 7) is 1.95. The molecule has 0 unspecified atom stereocenters. The highest BCUT2D eigenvalue weighted by atomic mass is 35.5. The van der Waals surface area contributed by atoms with Gasteiger partial charge < -0.3 is 10.1 Å². The molecule has 2 N–H and O–H groups in total. The highest BCUT2D eigenvalue weighted by Gasteiger charge is 2.29. The van der Waals surface area contributed by atoms with Crippen molar-refractivity contribution >= 4 is 51.9 Å². The summed E-state index contributed by atoms with van der Waals surface area (Å²) in [7, 11) is 0. The van der Waals surface area contributed by atoms with E-state index in [1.807, 2.05) is 0 Å². The fraction of sp³-hybridized carbons (Fsp3) is 0.263. The minimum Gasteiger partial charge on any atom is -0.462 e. The molecule has 1 aliphatic rings. The maximum atomic E-state index is 12.3. The number of thiophene rings is 1. The number of esters is 1. The number of nitrogens with one attached hydrogen (secondary N) is 2. The summed E-state index contributed by atoms with van der Waals surface area (Å²) < 4.78 is 5.10. The van der Waals surface area contributed by atoms with Crippen LogP contribution in [0.1, 0.15) is 39.7 Å². The lowest BCUT2D eigenvalue weighted by atomic mass is 10.1. The molecule has 1 heterocycles. The molecule has 0 fully saturated rings. The van der Waals surface area contributed by atoms with Gasteiger partial charge in [-0.25, -0.2) is 10.2 Å². The van der Waals surface area contributed by atoms with Gasteiger partial charge in [0.15, 0.2) is 0 Å². The Kier molecular flexibility index (Phi) is 6.43. The van der Waals surface area contributed by atoms with E-state index in [1.165, 1.54) is 17.6 Å². The number of ether oxygens (including phenoxy) is 1. The van der Waals surface area contributed by atoms with Crippen LogP contribution in [0.25, 0.3) is 0 Å². The number of amides is 2. The van der Waals surface area contributed by atoms with Crippen molar-refractivity contribution < 1.29 is 19.1 Å². The van der Waals surface area contributed by atoms with E-state index in [0.29, 0.717) is 21.2 Å².